The Labute approximate surface area is 226 Å². The zero-order valence-electron chi connectivity index (χ0n) is 21.2. The molecular weight excluding hydrogens is 545 g/mol. The maximum Gasteiger partial charge on any atom is 0.416 e. The fourth-order valence-corrected chi connectivity index (χ4v) is 5.08. The number of hydrogen-bond acceptors (Lipinski definition) is 4. The Balaban J connectivity index is 0.000000461. The quantitative estimate of drug-likeness (QED) is 0.445. The maximum atomic E-state index is 13.0. The summed E-state index contributed by atoms with van der Waals surface area (Å²) in [5, 5.41) is 3.24. The predicted molar refractivity (Wildman–Crippen MR) is 130 cm³/mol. The summed E-state index contributed by atoms with van der Waals surface area (Å²) < 4.78 is 95.8. The number of ether oxygens (including phenoxy) is 1. The van der Waals surface area contributed by atoms with Crippen LogP contribution in [0.3, 0.4) is 0 Å². The van der Waals surface area contributed by atoms with Gasteiger partial charge in [0.05, 0.1) is 23.8 Å². The van der Waals surface area contributed by atoms with E-state index < -0.39 is 36.2 Å². The highest BCUT2D eigenvalue weighted by Crippen LogP contribution is 2.37. The maximum absolute atomic E-state index is 13.0. The molecule has 0 aromatic heterocycles. The van der Waals surface area contributed by atoms with Crippen LogP contribution in [0.1, 0.15) is 48.8 Å². The molecule has 0 radical (unpaired) electrons. The molecule has 5 rings (SSSR count). The molecule has 1 aliphatic carbocycles. The first-order chi connectivity index (χ1) is 18.8. The molecule has 0 bridgehead atoms. The van der Waals surface area contributed by atoms with Crippen molar-refractivity contribution in [1.29, 1.82) is 0 Å². The van der Waals surface area contributed by atoms with Crippen molar-refractivity contribution >= 4 is 11.7 Å². The number of carbonyl (C=O) groups is 2. The van der Waals surface area contributed by atoms with Gasteiger partial charge in [-0.15, -0.1) is 0 Å². The average molecular weight is 573 g/mol. The number of ketones is 1. The molecule has 2 aromatic carbocycles. The second-order valence-electron chi connectivity index (χ2n) is 10.00. The number of rotatable bonds is 5. The van der Waals surface area contributed by atoms with Crippen molar-refractivity contribution in [1.82, 2.24) is 10.2 Å². The summed E-state index contributed by atoms with van der Waals surface area (Å²) in [6.07, 6.45) is -6.42. The van der Waals surface area contributed by atoms with Crippen LogP contribution >= 0.6 is 0 Å². The van der Waals surface area contributed by atoms with E-state index in [0.717, 1.165) is 5.70 Å². The SMILES string of the molecule is Fc1ccccc1.O=C1C=C(NC2CC(=O)N3CC(OCc4cc(C(F)(F)F)cc(C(F)(F)F)c4)CC3C2)CC1. The number of piperidine rings is 1. The van der Waals surface area contributed by atoms with E-state index in [1.165, 1.54) is 12.1 Å². The lowest BCUT2D eigenvalue weighted by Gasteiger charge is -2.35. The van der Waals surface area contributed by atoms with E-state index in [1.807, 2.05) is 0 Å². The fourth-order valence-electron chi connectivity index (χ4n) is 5.08. The number of carbonyl (C=O) groups excluding carboxylic acids is 2. The Morgan fingerprint density at radius 3 is 2.08 bits per heavy atom. The van der Waals surface area contributed by atoms with Crippen LogP contribution in [0, 0.1) is 5.82 Å². The van der Waals surface area contributed by atoms with Gasteiger partial charge in [0, 0.05) is 43.2 Å². The van der Waals surface area contributed by atoms with E-state index in [0.29, 0.717) is 37.8 Å². The number of alkyl halides is 6. The van der Waals surface area contributed by atoms with Gasteiger partial charge >= 0.3 is 12.4 Å². The molecule has 12 heteroatoms. The van der Waals surface area contributed by atoms with Gasteiger partial charge in [-0.2, -0.15) is 26.3 Å². The Bertz CT molecular complexity index is 1210. The topological polar surface area (TPSA) is 58.6 Å². The molecule has 5 nitrogen and oxygen atoms in total. The zero-order chi connectivity index (χ0) is 29.1. The van der Waals surface area contributed by atoms with Gasteiger partial charge in [-0.05, 0) is 55.2 Å². The van der Waals surface area contributed by atoms with Crippen LogP contribution in [0.5, 0.6) is 0 Å². The van der Waals surface area contributed by atoms with Gasteiger partial charge in [-0.1, -0.05) is 18.2 Å². The number of nitrogens with one attached hydrogen (secondary N) is 1. The minimum absolute atomic E-state index is 0.0406. The van der Waals surface area contributed by atoms with Crippen molar-refractivity contribution < 1.29 is 45.1 Å². The molecule has 0 saturated carbocycles. The number of allylic oxidation sites excluding steroid dienone is 2. The van der Waals surface area contributed by atoms with E-state index in [1.54, 1.807) is 29.2 Å². The number of halogens is 7. The second-order valence-corrected chi connectivity index (χ2v) is 10.00. The van der Waals surface area contributed by atoms with Crippen LogP contribution in [-0.4, -0.2) is 41.3 Å². The smallest absolute Gasteiger partial charge is 0.385 e. The van der Waals surface area contributed by atoms with Crippen molar-refractivity contribution in [2.75, 3.05) is 6.54 Å². The molecule has 2 aromatic rings. The van der Waals surface area contributed by atoms with Gasteiger partial charge < -0.3 is 15.0 Å². The van der Waals surface area contributed by atoms with Crippen LogP contribution in [0.4, 0.5) is 30.7 Å². The van der Waals surface area contributed by atoms with Crippen LogP contribution < -0.4 is 5.32 Å². The summed E-state index contributed by atoms with van der Waals surface area (Å²) in [6, 6.07) is 9.05. The highest BCUT2D eigenvalue weighted by Gasteiger charge is 2.42. The molecule has 1 amide bonds. The zero-order valence-corrected chi connectivity index (χ0v) is 21.2. The number of nitrogens with zero attached hydrogens (tertiary/aromatic N) is 1. The van der Waals surface area contributed by atoms with Gasteiger partial charge in [0.2, 0.25) is 5.91 Å². The minimum Gasteiger partial charge on any atom is -0.385 e. The Morgan fingerprint density at radius 1 is 0.900 bits per heavy atom. The first kappa shape index (κ1) is 29.6. The van der Waals surface area contributed by atoms with E-state index >= 15 is 0 Å². The molecule has 2 saturated heterocycles. The van der Waals surface area contributed by atoms with Crippen molar-refractivity contribution in [3.05, 3.63) is 82.8 Å². The number of amides is 1. The molecule has 3 aliphatic rings. The average Bonchev–Trinajstić information content (AvgIpc) is 3.48. The van der Waals surface area contributed by atoms with E-state index in [2.05, 4.69) is 5.32 Å². The lowest BCUT2D eigenvalue weighted by atomic mass is 9.96. The Morgan fingerprint density at radius 2 is 1.55 bits per heavy atom. The van der Waals surface area contributed by atoms with Crippen molar-refractivity contribution in [2.24, 2.45) is 0 Å². The monoisotopic (exact) mass is 572 g/mol. The predicted octanol–water partition coefficient (Wildman–Crippen LogP) is 6.03. The summed E-state index contributed by atoms with van der Waals surface area (Å²) in [6.45, 7) is -0.189. The normalized spacial score (nSPS) is 22.9. The summed E-state index contributed by atoms with van der Waals surface area (Å²) in [4.78, 5) is 25.6. The van der Waals surface area contributed by atoms with Gasteiger partial charge in [0.25, 0.3) is 0 Å². The first-order valence-corrected chi connectivity index (χ1v) is 12.7. The third-order valence-electron chi connectivity index (χ3n) is 6.91. The lowest BCUT2D eigenvalue weighted by Crippen LogP contribution is -2.48. The molecule has 40 heavy (non-hydrogen) atoms. The standard InChI is InChI=1S/C22H22F6N2O3.C6H5F/c23-21(24,25)13-3-12(4-14(5-13)22(26,27)28)11-33-19-9-17-6-16(8-20(32)30(17)10-19)29-15-1-2-18(31)7-15;7-6-4-2-1-3-5-6/h3-5,7,16-17,19,29H,1-2,6,8-11H2;1-5H. The Hall–Kier alpha value is -3.41. The summed E-state index contributed by atoms with van der Waals surface area (Å²) in [7, 11) is 0. The molecule has 0 spiro atoms. The van der Waals surface area contributed by atoms with E-state index in [-0.39, 0.29) is 54.2 Å². The van der Waals surface area contributed by atoms with Gasteiger partial charge in [-0.25, -0.2) is 4.39 Å². The third-order valence-corrected chi connectivity index (χ3v) is 6.91. The summed E-state index contributed by atoms with van der Waals surface area (Å²) >= 11 is 0. The van der Waals surface area contributed by atoms with Crippen molar-refractivity contribution in [3.8, 4) is 0 Å². The van der Waals surface area contributed by atoms with E-state index in [4.69, 9.17) is 4.74 Å². The molecule has 216 valence electrons. The molecular formula is C28H27F7N2O3. The molecule has 2 fully saturated rings. The number of benzene rings is 2. The van der Waals surface area contributed by atoms with Crippen molar-refractivity contribution in [3.63, 3.8) is 0 Å². The largest absolute Gasteiger partial charge is 0.416 e. The van der Waals surface area contributed by atoms with Crippen molar-refractivity contribution in [2.45, 2.75) is 69.3 Å². The fraction of sp³-hybridized carbons (Fsp3) is 0.429. The molecule has 3 unspecified atom stereocenters. The van der Waals surface area contributed by atoms with Gasteiger partial charge in [0.15, 0.2) is 5.78 Å². The highest BCUT2D eigenvalue weighted by molar-refractivity contribution is 5.92. The first-order valence-electron chi connectivity index (χ1n) is 12.7. The lowest BCUT2D eigenvalue weighted by molar-refractivity contribution is -0.143. The minimum atomic E-state index is -4.92. The molecule has 3 atom stereocenters. The van der Waals surface area contributed by atoms with Crippen LogP contribution in [0.2, 0.25) is 0 Å². The molecule has 2 heterocycles. The molecule has 1 N–H and O–H groups in total. The number of fused-ring (bicyclic) bond motifs is 1. The summed E-state index contributed by atoms with van der Waals surface area (Å²) in [5.74, 6) is -0.237. The summed E-state index contributed by atoms with van der Waals surface area (Å²) in [5.41, 5.74) is -2.19. The number of hydrogen-bond donors (Lipinski definition) is 1. The van der Waals surface area contributed by atoms with Crippen LogP contribution in [-0.2, 0) is 33.3 Å². The van der Waals surface area contributed by atoms with E-state index in [9.17, 15) is 40.3 Å². The van der Waals surface area contributed by atoms with Gasteiger partial charge in [0.1, 0.15) is 5.82 Å². The third kappa shape index (κ3) is 7.83. The second kappa shape index (κ2) is 12.0. The van der Waals surface area contributed by atoms with Gasteiger partial charge in [-0.3, -0.25) is 9.59 Å². The van der Waals surface area contributed by atoms with Crippen LogP contribution in [0.25, 0.3) is 0 Å². The highest BCUT2D eigenvalue weighted by atomic mass is 19.4. The van der Waals surface area contributed by atoms with Crippen LogP contribution in [0.15, 0.2) is 60.3 Å². The molecule has 2 aliphatic heterocycles. The Kier molecular flexibility index (Phi) is 8.86.